The maximum absolute atomic E-state index is 12.3. The lowest BCUT2D eigenvalue weighted by Crippen LogP contribution is -2.37. The summed E-state index contributed by atoms with van der Waals surface area (Å²) < 4.78 is 3.41. The number of rotatable bonds is 6. The predicted molar refractivity (Wildman–Crippen MR) is 115 cm³/mol. The Balaban J connectivity index is 0.00000243. The summed E-state index contributed by atoms with van der Waals surface area (Å²) in [4.78, 5) is 22.0. The van der Waals surface area contributed by atoms with Gasteiger partial charge in [0.25, 0.3) is 0 Å². The van der Waals surface area contributed by atoms with E-state index in [9.17, 15) is 4.79 Å². The molecule has 0 saturated carbocycles. The van der Waals surface area contributed by atoms with E-state index in [1.165, 1.54) is 4.88 Å². The summed E-state index contributed by atoms with van der Waals surface area (Å²) in [6.45, 7) is 4.86. The number of nitrogens with zero attached hydrogens (tertiary/aromatic N) is 5. The summed E-state index contributed by atoms with van der Waals surface area (Å²) in [6.07, 6.45) is 5.79. The standard InChI is InChI=1S/C16H25N7OS.HI/c1-12-10-19-14(25-12)11-20-15(17-2)18-7-5-9-23-16(24)22-8-4-3-6-13(22)21-23;/h10H,3-9,11H2,1-2H3,(H2,17,18,20);1H. The Morgan fingerprint density at radius 2 is 2.23 bits per heavy atom. The van der Waals surface area contributed by atoms with Crippen LogP contribution in [0.5, 0.6) is 0 Å². The van der Waals surface area contributed by atoms with Crippen molar-refractivity contribution in [3.05, 3.63) is 32.4 Å². The molecule has 3 rings (SSSR count). The number of thiazole rings is 1. The van der Waals surface area contributed by atoms with Gasteiger partial charge in [-0.1, -0.05) is 0 Å². The maximum Gasteiger partial charge on any atom is 0.345 e. The molecule has 0 aromatic carbocycles. The van der Waals surface area contributed by atoms with Crippen molar-refractivity contribution >= 4 is 41.3 Å². The van der Waals surface area contributed by atoms with Gasteiger partial charge in [-0.25, -0.2) is 14.5 Å². The van der Waals surface area contributed by atoms with Gasteiger partial charge >= 0.3 is 5.69 Å². The fourth-order valence-electron chi connectivity index (χ4n) is 2.89. The molecule has 0 saturated heterocycles. The second-order valence-corrected chi connectivity index (χ2v) is 7.42. The molecule has 26 heavy (non-hydrogen) atoms. The Kier molecular flexibility index (Phi) is 8.07. The van der Waals surface area contributed by atoms with Crippen LogP contribution in [0.2, 0.25) is 0 Å². The summed E-state index contributed by atoms with van der Waals surface area (Å²) in [6, 6.07) is 0. The Bertz CT molecular complexity index is 795. The highest BCUT2D eigenvalue weighted by atomic mass is 127. The van der Waals surface area contributed by atoms with Crippen molar-refractivity contribution in [2.45, 2.75) is 52.2 Å². The van der Waals surface area contributed by atoms with Crippen LogP contribution in [0, 0.1) is 6.92 Å². The van der Waals surface area contributed by atoms with Gasteiger partial charge in [-0.15, -0.1) is 35.3 Å². The summed E-state index contributed by atoms with van der Waals surface area (Å²) in [5, 5.41) is 12.0. The van der Waals surface area contributed by atoms with Crippen molar-refractivity contribution < 1.29 is 0 Å². The number of nitrogens with one attached hydrogen (secondary N) is 2. The molecule has 0 aliphatic carbocycles. The lowest BCUT2D eigenvalue weighted by molar-refractivity contribution is 0.509. The first-order valence-electron chi connectivity index (χ1n) is 8.69. The van der Waals surface area contributed by atoms with Crippen LogP contribution in [-0.2, 0) is 26.1 Å². The summed E-state index contributed by atoms with van der Waals surface area (Å²) in [5.74, 6) is 1.67. The van der Waals surface area contributed by atoms with Crippen molar-refractivity contribution in [3.63, 3.8) is 0 Å². The van der Waals surface area contributed by atoms with Gasteiger partial charge in [0.05, 0.1) is 6.54 Å². The molecule has 2 aromatic rings. The molecule has 8 nitrogen and oxygen atoms in total. The predicted octanol–water partition coefficient (Wildman–Crippen LogP) is 1.52. The highest BCUT2D eigenvalue weighted by molar-refractivity contribution is 14.0. The molecule has 10 heteroatoms. The summed E-state index contributed by atoms with van der Waals surface area (Å²) in [5.41, 5.74) is 0.0244. The number of halogens is 1. The molecule has 0 unspecified atom stereocenters. The van der Waals surface area contributed by atoms with Crippen LogP contribution in [0.1, 0.15) is 35.0 Å². The second kappa shape index (κ2) is 10.0. The van der Waals surface area contributed by atoms with Crippen molar-refractivity contribution in [2.24, 2.45) is 4.99 Å². The van der Waals surface area contributed by atoms with E-state index >= 15 is 0 Å². The number of hydrogen-bond acceptors (Lipinski definition) is 5. The third kappa shape index (κ3) is 5.29. The lowest BCUT2D eigenvalue weighted by Gasteiger charge is -2.10. The third-order valence-corrected chi connectivity index (χ3v) is 5.08. The molecular weight excluding hydrogens is 465 g/mol. The third-order valence-electron chi connectivity index (χ3n) is 4.17. The number of guanidine groups is 1. The Morgan fingerprint density at radius 1 is 1.38 bits per heavy atom. The number of aliphatic imine (C=N–C) groups is 1. The number of fused-ring (bicyclic) bond motifs is 1. The normalized spacial score (nSPS) is 13.8. The fourth-order valence-corrected chi connectivity index (χ4v) is 3.62. The zero-order chi connectivity index (χ0) is 17.6. The average molecular weight is 491 g/mol. The van der Waals surface area contributed by atoms with E-state index in [1.807, 2.05) is 17.7 Å². The van der Waals surface area contributed by atoms with Crippen LogP contribution >= 0.6 is 35.3 Å². The van der Waals surface area contributed by atoms with Crippen LogP contribution in [0.25, 0.3) is 0 Å². The van der Waals surface area contributed by atoms with Crippen molar-refractivity contribution in [3.8, 4) is 0 Å². The van der Waals surface area contributed by atoms with E-state index in [-0.39, 0.29) is 29.7 Å². The number of hydrogen-bond donors (Lipinski definition) is 2. The first-order valence-corrected chi connectivity index (χ1v) is 9.51. The monoisotopic (exact) mass is 491 g/mol. The molecule has 0 amide bonds. The van der Waals surface area contributed by atoms with Gasteiger partial charge in [-0.3, -0.25) is 9.56 Å². The van der Waals surface area contributed by atoms with Gasteiger partial charge in [0, 0.05) is 44.2 Å². The molecule has 0 fully saturated rings. The first kappa shape index (κ1) is 20.9. The zero-order valence-electron chi connectivity index (χ0n) is 15.2. The van der Waals surface area contributed by atoms with E-state index in [2.05, 4.69) is 25.7 Å². The summed E-state index contributed by atoms with van der Waals surface area (Å²) >= 11 is 1.68. The highest BCUT2D eigenvalue weighted by Crippen LogP contribution is 2.10. The minimum atomic E-state index is 0. The largest absolute Gasteiger partial charge is 0.356 e. The van der Waals surface area contributed by atoms with E-state index in [1.54, 1.807) is 23.1 Å². The lowest BCUT2D eigenvalue weighted by atomic mass is 10.2. The highest BCUT2D eigenvalue weighted by Gasteiger charge is 2.16. The van der Waals surface area contributed by atoms with Crippen LogP contribution in [-0.4, -0.2) is 38.9 Å². The molecule has 2 aromatic heterocycles. The summed E-state index contributed by atoms with van der Waals surface area (Å²) in [7, 11) is 1.75. The van der Waals surface area contributed by atoms with Gasteiger partial charge in [0.15, 0.2) is 5.96 Å². The van der Waals surface area contributed by atoms with Crippen LogP contribution in [0.15, 0.2) is 16.0 Å². The first-order chi connectivity index (χ1) is 12.2. The minimum Gasteiger partial charge on any atom is -0.356 e. The fraction of sp³-hybridized carbons (Fsp3) is 0.625. The SMILES string of the molecule is CN=C(NCCCn1nc2n(c1=O)CCCC2)NCc1ncc(C)s1.I. The Hall–Kier alpha value is -1.43. The van der Waals surface area contributed by atoms with Crippen molar-refractivity contribution in [2.75, 3.05) is 13.6 Å². The van der Waals surface area contributed by atoms with E-state index in [0.29, 0.717) is 13.1 Å². The van der Waals surface area contributed by atoms with Crippen LogP contribution in [0.4, 0.5) is 0 Å². The molecule has 1 aliphatic heterocycles. The molecule has 2 N–H and O–H groups in total. The van der Waals surface area contributed by atoms with Crippen molar-refractivity contribution in [1.29, 1.82) is 0 Å². The Labute approximate surface area is 174 Å². The molecule has 1 aliphatic rings. The topological polar surface area (TPSA) is 89.1 Å². The zero-order valence-corrected chi connectivity index (χ0v) is 18.3. The minimum absolute atomic E-state index is 0. The number of aryl methyl sites for hydroxylation is 3. The van der Waals surface area contributed by atoms with E-state index in [0.717, 1.165) is 55.6 Å². The van der Waals surface area contributed by atoms with E-state index in [4.69, 9.17) is 0 Å². The van der Waals surface area contributed by atoms with Gasteiger partial charge in [-0.2, -0.15) is 5.10 Å². The van der Waals surface area contributed by atoms with Gasteiger partial charge < -0.3 is 10.6 Å². The molecule has 0 spiro atoms. The molecule has 0 atom stereocenters. The Morgan fingerprint density at radius 3 is 2.92 bits per heavy atom. The maximum atomic E-state index is 12.3. The van der Waals surface area contributed by atoms with Gasteiger partial charge in [-0.05, 0) is 26.2 Å². The van der Waals surface area contributed by atoms with Crippen LogP contribution in [0.3, 0.4) is 0 Å². The van der Waals surface area contributed by atoms with Crippen molar-refractivity contribution in [1.82, 2.24) is 30.0 Å². The molecule has 3 heterocycles. The smallest absolute Gasteiger partial charge is 0.345 e. The van der Waals surface area contributed by atoms with Gasteiger partial charge in [0.1, 0.15) is 10.8 Å². The molecular formula is C16H26IN7OS. The average Bonchev–Trinajstić information content (AvgIpc) is 3.18. The molecule has 0 radical (unpaired) electrons. The van der Waals surface area contributed by atoms with Gasteiger partial charge in [0.2, 0.25) is 0 Å². The molecule has 0 bridgehead atoms. The molecule has 144 valence electrons. The number of aromatic nitrogens is 4. The van der Waals surface area contributed by atoms with Crippen LogP contribution < -0.4 is 16.3 Å². The quantitative estimate of drug-likeness (QED) is 0.277. The second-order valence-electron chi connectivity index (χ2n) is 6.10. The van der Waals surface area contributed by atoms with E-state index < -0.39 is 0 Å².